The molecule has 28 heavy (non-hydrogen) atoms. The predicted molar refractivity (Wildman–Crippen MR) is 97.5 cm³/mol. The van der Waals surface area contributed by atoms with E-state index in [-0.39, 0.29) is 23.0 Å². The van der Waals surface area contributed by atoms with Crippen molar-refractivity contribution in [1.29, 1.82) is 5.26 Å². The first-order valence-corrected chi connectivity index (χ1v) is 8.12. The van der Waals surface area contributed by atoms with Crippen molar-refractivity contribution in [3.05, 3.63) is 71.0 Å². The Balaban J connectivity index is 1.94. The van der Waals surface area contributed by atoms with Gasteiger partial charge in [-0.1, -0.05) is 0 Å². The normalized spacial score (nSPS) is 18.0. The third kappa shape index (κ3) is 3.53. The minimum absolute atomic E-state index is 0.110. The first-order chi connectivity index (χ1) is 13.4. The lowest BCUT2D eigenvalue weighted by atomic mass is 9.90. The highest BCUT2D eigenvalue weighted by Gasteiger charge is 2.35. The number of nitrogens with two attached hydrogens (primary N) is 1. The van der Waals surface area contributed by atoms with Crippen molar-refractivity contribution in [2.24, 2.45) is 10.7 Å². The van der Waals surface area contributed by atoms with Crippen LogP contribution in [-0.4, -0.2) is 23.6 Å². The Hall–Kier alpha value is -3.80. The molecule has 9 heteroatoms. The van der Waals surface area contributed by atoms with Gasteiger partial charge in [-0.2, -0.15) is 5.26 Å². The maximum Gasteiger partial charge on any atom is 0.288 e. The van der Waals surface area contributed by atoms with Crippen molar-refractivity contribution in [1.82, 2.24) is 4.98 Å². The molecule has 0 radical (unpaired) electrons. The van der Waals surface area contributed by atoms with Gasteiger partial charge in [-0.15, -0.1) is 0 Å². The Labute approximate surface area is 159 Å². The van der Waals surface area contributed by atoms with Crippen molar-refractivity contribution in [2.45, 2.75) is 12.5 Å². The molecule has 2 aromatic rings. The number of aromatic nitrogens is 1. The third-order valence-electron chi connectivity index (χ3n) is 4.16. The SMILES string of the molecule is Cc1cc(C#N)cnc1C(=O)Nc1ccc(F)c([C@]2(CF)C=COC(N)=N2)c1. The molecule has 7 nitrogen and oxygen atoms in total. The second-order valence-electron chi connectivity index (χ2n) is 6.08. The van der Waals surface area contributed by atoms with Crippen molar-refractivity contribution in [2.75, 3.05) is 12.0 Å². The van der Waals surface area contributed by atoms with Gasteiger partial charge in [0, 0.05) is 17.4 Å². The molecule has 1 aromatic heterocycles. The van der Waals surface area contributed by atoms with Gasteiger partial charge in [0.15, 0.2) is 0 Å². The molecular weight excluding hydrogens is 368 g/mol. The lowest BCUT2D eigenvalue weighted by Crippen LogP contribution is -2.32. The Morgan fingerprint density at radius 1 is 1.43 bits per heavy atom. The molecule has 1 atom stereocenters. The van der Waals surface area contributed by atoms with Crippen LogP contribution in [0.3, 0.4) is 0 Å². The van der Waals surface area contributed by atoms with E-state index in [4.69, 9.17) is 15.7 Å². The number of hydrogen-bond donors (Lipinski definition) is 2. The summed E-state index contributed by atoms with van der Waals surface area (Å²) in [4.78, 5) is 20.4. The Kier molecular flexibility index (Phi) is 5.04. The van der Waals surface area contributed by atoms with Gasteiger partial charge < -0.3 is 15.8 Å². The summed E-state index contributed by atoms with van der Waals surface area (Å²) in [7, 11) is 0. The standard InChI is InChI=1S/C19H15F2N5O2/c1-11-6-12(8-22)9-24-16(11)17(27)25-13-2-3-15(21)14(7-13)19(10-20)4-5-28-18(23)26-19/h2-7,9H,10H2,1H3,(H2,23,26)(H,25,27)/t19-/m1/s1. The van der Waals surface area contributed by atoms with Crippen LogP contribution >= 0.6 is 0 Å². The van der Waals surface area contributed by atoms with Gasteiger partial charge in [-0.3, -0.25) is 4.79 Å². The number of nitrogens with zero attached hydrogens (tertiary/aromatic N) is 3. The van der Waals surface area contributed by atoms with Gasteiger partial charge in [0.2, 0.25) is 0 Å². The fourth-order valence-electron chi connectivity index (χ4n) is 2.77. The van der Waals surface area contributed by atoms with Crippen molar-refractivity contribution in [3.63, 3.8) is 0 Å². The van der Waals surface area contributed by atoms with E-state index in [0.717, 1.165) is 12.3 Å². The number of pyridine rings is 1. The van der Waals surface area contributed by atoms with Gasteiger partial charge in [0.1, 0.15) is 29.8 Å². The van der Waals surface area contributed by atoms with E-state index in [0.29, 0.717) is 11.1 Å². The van der Waals surface area contributed by atoms with E-state index in [9.17, 15) is 13.6 Å². The van der Waals surface area contributed by atoms with Crippen molar-refractivity contribution in [3.8, 4) is 6.07 Å². The highest BCUT2D eigenvalue weighted by atomic mass is 19.1. The number of ether oxygens (including phenoxy) is 1. The summed E-state index contributed by atoms with van der Waals surface area (Å²) in [6, 6.07) is 6.87. The Morgan fingerprint density at radius 3 is 2.86 bits per heavy atom. The second-order valence-corrected chi connectivity index (χ2v) is 6.08. The summed E-state index contributed by atoms with van der Waals surface area (Å²) < 4.78 is 33.0. The number of hydrogen-bond acceptors (Lipinski definition) is 6. The third-order valence-corrected chi connectivity index (χ3v) is 4.16. The molecule has 3 rings (SSSR count). The highest BCUT2D eigenvalue weighted by Crippen LogP contribution is 2.34. The summed E-state index contributed by atoms with van der Waals surface area (Å²) in [5.41, 5.74) is 4.85. The smallest absolute Gasteiger partial charge is 0.288 e. The summed E-state index contributed by atoms with van der Waals surface area (Å²) in [5.74, 6) is -1.27. The van der Waals surface area contributed by atoms with E-state index >= 15 is 0 Å². The number of carbonyl (C=O) groups excluding carboxylic acids is 1. The van der Waals surface area contributed by atoms with Crippen LogP contribution < -0.4 is 11.1 Å². The fraction of sp³-hybridized carbons (Fsp3) is 0.158. The molecule has 142 valence electrons. The number of amidine groups is 1. The molecule has 0 fully saturated rings. The summed E-state index contributed by atoms with van der Waals surface area (Å²) in [6.07, 6.45) is 3.66. The summed E-state index contributed by atoms with van der Waals surface area (Å²) in [6.45, 7) is 0.583. The molecule has 1 aliphatic heterocycles. The number of amides is 1. The first kappa shape index (κ1) is 19.0. The molecule has 1 amide bonds. The van der Waals surface area contributed by atoms with E-state index in [1.165, 1.54) is 30.5 Å². The molecule has 0 bridgehead atoms. The largest absolute Gasteiger partial charge is 0.434 e. The maximum atomic E-state index is 14.4. The zero-order valence-corrected chi connectivity index (χ0v) is 14.7. The minimum atomic E-state index is -1.68. The lowest BCUT2D eigenvalue weighted by molar-refractivity contribution is 0.102. The highest BCUT2D eigenvalue weighted by molar-refractivity contribution is 6.03. The minimum Gasteiger partial charge on any atom is -0.434 e. The maximum absolute atomic E-state index is 14.4. The van der Waals surface area contributed by atoms with Crippen LogP contribution in [-0.2, 0) is 10.3 Å². The van der Waals surface area contributed by atoms with Gasteiger partial charge in [0.05, 0.1) is 11.8 Å². The second kappa shape index (κ2) is 7.44. The number of benzene rings is 1. The molecule has 0 unspecified atom stereocenters. The van der Waals surface area contributed by atoms with E-state index in [1.54, 1.807) is 6.92 Å². The zero-order chi connectivity index (χ0) is 20.3. The van der Waals surface area contributed by atoms with Crippen molar-refractivity contribution < 1.29 is 18.3 Å². The van der Waals surface area contributed by atoms with Crippen LogP contribution in [0.4, 0.5) is 14.5 Å². The molecule has 2 heterocycles. The van der Waals surface area contributed by atoms with Crippen LogP contribution in [0, 0.1) is 24.1 Å². The first-order valence-electron chi connectivity index (χ1n) is 8.12. The van der Waals surface area contributed by atoms with Gasteiger partial charge in [-0.05, 0) is 42.8 Å². The van der Waals surface area contributed by atoms with Crippen LogP contribution in [0.15, 0.2) is 47.8 Å². The molecule has 3 N–H and O–H groups in total. The van der Waals surface area contributed by atoms with Gasteiger partial charge in [-0.25, -0.2) is 18.8 Å². The number of nitrogens with one attached hydrogen (secondary N) is 1. The van der Waals surface area contributed by atoms with Crippen LogP contribution in [0.5, 0.6) is 0 Å². The molecule has 1 aromatic carbocycles. The topological polar surface area (TPSA) is 113 Å². The number of anilines is 1. The number of aryl methyl sites for hydroxylation is 1. The van der Waals surface area contributed by atoms with E-state index in [2.05, 4.69) is 15.3 Å². The Bertz CT molecular complexity index is 1050. The zero-order valence-electron chi connectivity index (χ0n) is 14.7. The number of halogens is 2. The number of aliphatic imine (C=N–C) groups is 1. The summed E-state index contributed by atoms with van der Waals surface area (Å²) >= 11 is 0. The fourth-order valence-corrected chi connectivity index (χ4v) is 2.77. The molecular formula is C19H15F2N5O2. The number of nitriles is 1. The predicted octanol–water partition coefficient (Wildman–Crippen LogP) is 2.68. The quantitative estimate of drug-likeness (QED) is 0.843. The van der Waals surface area contributed by atoms with E-state index in [1.807, 2.05) is 6.07 Å². The molecule has 0 aliphatic carbocycles. The average Bonchev–Trinajstić information content (AvgIpc) is 2.69. The van der Waals surface area contributed by atoms with Gasteiger partial charge >= 0.3 is 0 Å². The lowest BCUT2D eigenvalue weighted by Gasteiger charge is -2.27. The van der Waals surface area contributed by atoms with Crippen LogP contribution in [0.2, 0.25) is 0 Å². The monoisotopic (exact) mass is 383 g/mol. The van der Waals surface area contributed by atoms with E-state index < -0.39 is 23.9 Å². The average molecular weight is 383 g/mol. The van der Waals surface area contributed by atoms with Gasteiger partial charge in [0.25, 0.3) is 11.9 Å². The van der Waals surface area contributed by atoms with Crippen LogP contribution in [0.25, 0.3) is 0 Å². The van der Waals surface area contributed by atoms with Crippen LogP contribution in [0.1, 0.15) is 27.2 Å². The summed E-state index contributed by atoms with van der Waals surface area (Å²) in [5, 5.41) is 11.5. The molecule has 0 spiro atoms. The number of alkyl halides is 1. The Morgan fingerprint density at radius 2 is 2.21 bits per heavy atom. The molecule has 0 saturated heterocycles. The van der Waals surface area contributed by atoms with Crippen molar-refractivity contribution >= 4 is 17.6 Å². The number of carbonyl (C=O) groups is 1. The molecule has 1 aliphatic rings. The molecule has 0 saturated carbocycles. The number of rotatable bonds is 4.